The van der Waals surface area contributed by atoms with E-state index in [4.69, 9.17) is 0 Å². The summed E-state index contributed by atoms with van der Waals surface area (Å²) in [7, 11) is 0. The number of fused-ring (bicyclic) bond motifs is 7. The highest BCUT2D eigenvalue weighted by molar-refractivity contribution is 7.26. The molecule has 1 aliphatic rings. The van der Waals surface area contributed by atoms with Crippen molar-refractivity contribution in [2.45, 2.75) is 38.0 Å². The van der Waals surface area contributed by atoms with E-state index < -0.39 is 0 Å². The number of aromatic nitrogens is 1. The summed E-state index contributed by atoms with van der Waals surface area (Å²) < 4.78 is 4.99. The zero-order chi connectivity index (χ0) is 40.3. The second kappa shape index (κ2) is 15.0. The fourth-order valence-electron chi connectivity index (χ4n) is 10.4. The van der Waals surface area contributed by atoms with E-state index in [2.05, 4.69) is 210 Å². The second-order valence-corrected chi connectivity index (χ2v) is 17.7. The Morgan fingerprint density at radius 2 is 1.11 bits per heavy atom. The smallest absolute Gasteiger partial charge is 0.0555 e. The molecular formula is C58H44N2S. The Kier molecular flexibility index (Phi) is 8.82. The number of nitrogens with zero attached hydrogens (tertiary/aromatic N) is 2. The van der Waals surface area contributed by atoms with Crippen molar-refractivity contribution in [3.63, 3.8) is 0 Å². The van der Waals surface area contributed by atoms with Gasteiger partial charge in [-0.15, -0.1) is 11.3 Å². The molecule has 2 nitrogen and oxygen atoms in total. The predicted molar refractivity (Wildman–Crippen MR) is 263 cm³/mol. The average molecular weight is 801 g/mol. The first kappa shape index (κ1) is 36.0. The van der Waals surface area contributed by atoms with Crippen molar-refractivity contribution in [2.24, 2.45) is 0 Å². The lowest BCUT2D eigenvalue weighted by molar-refractivity contribution is 0.445. The van der Waals surface area contributed by atoms with Crippen molar-refractivity contribution < 1.29 is 0 Å². The molecule has 1 aliphatic carbocycles. The number of anilines is 3. The third kappa shape index (κ3) is 6.06. The van der Waals surface area contributed by atoms with E-state index in [0.717, 1.165) is 5.69 Å². The third-order valence-electron chi connectivity index (χ3n) is 13.2. The third-order valence-corrected chi connectivity index (χ3v) is 14.3. The Morgan fingerprint density at radius 1 is 0.443 bits per heavy atom. The SMILES string of the molecule is c1ccc(-n2c3ccccc3c3cc(-c4cccc(N(c5ccccc5-c5cccc6cccc(C7CCCCC7)c56)c5cccc6sc7ccccc7c56)c4)ccc32)cc1. The summed E-state index contributed by atoms with van der Waals surface area (Å²) >= 11 is 1.88. The topological polar surface area (TPSA) is 8.17 Å². The van der Waals surface area contributed by atoms with Gasteiger partial charge in [-0.25, -0.2) is 0 Å². The zero-order valence-corrected chi connectivity index (χ0v) is 34.8. The van der Waals surface area contributed by atoms with Crippen LogP contribution < -0.4 is 4.90 Å². The molecule has 1 saturated carbocycles. The maximum atomic E-state index is 2.54. The molecule has 0 aliphatic heterocycles. The Labute approximate surface area is 360 Å². The quantitative estimate of drug-likeness (QED) is 0.156. The molecule has 0 N–H and O–H groups in total. The van der Waals surface area contributed by atoms with Crippen LogP contribution in [0.4, 0.5) is 17.1 Å². The van der Waals surface area contributed by atoms with Crippen molar-refractivity contribution >= 4 is 81.1 Å². The summed E-state index contributed by atoms with van der Waals surface area (Å²) in [6.45, 7) is 0. The van der Waals surface area contributed by atoms with Crippen LogP contribution in [-0.2, 0) is 0 Å². The van der Waals surface area contributed by atoms with E-state index in [1.165, 1.54) is 130 Å². The molecule has 2 aromatic heterocycles. The molecule has 0 amide bonds. The normalized spacial score (nSPS) is 13.5. The fourth-order valence-corrected chi connectivity index (χ4v) is 11.6. The maximum absolute atomic E-state index is 2.54. The van der Waals surface area contributed by atoms with Gasteiger partial charge >= 0.3 is 0 Å². The van der Waals surface area contributed by atoms with Gasteiger partial charge < -0.3 is 9.47 Å². The highest BCUT2D eigenvalue weighted by Crippen LogP contribution is 2.49. The summed E-state index contributed by atoms with van der Waals surface area (Å²) in [5.41, 5.74) is 13.5. The first-order valence-corrected chi connectivity index (χ1v) is 22.6. The number of benzene rings is 9. The predicted octanol–water partition coefficient (Wildman–Crippen LogP) is 17.2. The molecule has 12 rings (SSSR count). The van der Waals surface area contributed by atoms with Gasteiger partial charge in [0.1, 0.15) is 0 Å². The Bertz CT molecular complexity index is 3420. The van der Waals surface area contributed by atoms with Gasteiger partial charge in [0, 0.05) is 47.9 Å². The first-order chi connectivity index (χ1) is 30.3. The Hall–Kier alpha value is -6.94. The van der Waals surface area contributed by atoms with E-state index >= 15 is 0 Å². The molecule has 0 radical (unpaired) electrons. The number of hydrogen-bond acceptors (Lipinski definition) is 2. The minimum atomic E-state index is 0.587. The van der Waals surface area contributed by atoms with E-state index in [1.54, 1.807) is 0 Å². The van der Waals surface area contributed by atoms with Crippen molar-refractivity contribution in [3.8, 4) is 27.9 Å². The standard InChI is InChI=1S/C58H44N2S/c1-3-17-39(18-4-1)45-28-14-19-40-20-15-29-48(57(40)45)46-25-7-10-30-51(46)60(54-32-16-34-56-58(54)49-27-9-12-33-55(49)61-56)44-24-13-21-41(37-44)42-35-36-53-50(38-42)47-26-8-11-31-52(47)59(53)43-22-5-2-6-23-43/h2,5-16,19-39H,1,3-4,17-18H2. The highest BCUT2D eigenvalue weighted by atomic mass is 32.1. The molecule has 292 valence electrons. The van der Waals surface area contributed by atoms with Gasteiger partial charge in [0.05, 0.1) is 22.4 Å². The Morgan fingerprint density at radius 3 is 2.02 bits per heavy atom. The zero-order valence-electron chi connectivity index (χ0n) is 34.0. The minimum absolute atomic E-state index is 0.587. The van der Waals surface area contributed by atoms with Crippen LogP contribution in [0.15, 0.2) is 200 Å². The molecule has 61 heavy (non-hydrogen) atoms. The fraction of sp³-hybridized carbons (Fsp3) is 0.103. The largest absolute Gasteiger partial charge is 0.309 e. The molecular weight excluding hydrogens is 757 g/mol. The van der Waals surface area contributed by atoms with Crippen LogP contribution in [0.5, 0.6) is 0 Å². The summed E-state index contributed by atoms with van der Waals surface area (Å²) in [4.78, 5) is 2.54. The van der Waals surface area contributed by atoms with Gasteiger partial charge in [0.2, 0.25) is 0 Å². The van der Waals surface area contributed by atoms with Gasteiger partial charge in [-0.1, -0.05) is 153 Å². The van der Waals surface area contributed by atoms with Gasteiger partial charge in [0.15, 0.2) is 0 Å². The molecule has 0 atom stereocenters. The number of rotatable bonds is 7. The van der Waals surface area contributed by atoms with Gasteiger partial charge in [-0.2, -0.15) is 0 Å². The molecule has 0 bridgehead atoms. The number of hydrogen-bond donors (Lipinski definition) is 0. The second-order valence-electron chi connectivity index (χ2n) is 16.7. The lowest BCUT2D eigenvalue weighted by Crippen LogP contribution is -2.12. The maximum Gasteiger partial charge on any atom is 0.0555 e. The van der Waals surface area contributed by atoms with Crippen LogP contribution >= 0.6 is 11.3 Å². The lowest BCUT2D eigenvalue weighted by Gasteiger charge is -2.30. The van der Waals surface area contributed by atoms with Crippen LogP contribution in [0.3, 0.4) is 0 Å². The van der Waals surface area contributed by atoms with Gasteiger partial charge in [-0.3, -0.25) is 0 Å². The van der Waals surface area contributed by atoms with Crippen molar-refractivity contribution in [2.75, 3.05) is 4.90 Å². The molecule has 0 spiro atoms. The van der Waals surface area contributed by atoms with Crippen LogP contribution in [0.2, 0.25) is 0 Å². The van der Waals surface area contributed by atoms with E-state index in [1.807, 2.05) is 11.3 Å². The summed E-state index contributed by atoms with van der Waals surface area (Å²) in [5, 5.41) is 7.82. The van der Waals surface area contributed by atoms with Crippen molar-refractivity contribution in [1.29, 1.82) is 0 Å². The number of thiophene rings is 1. The molecule has 0 saturated heterocycles. The van der Waals surface area contributed by atoms with E-state index in [0.29, 0.717) is 5.92 Å². The van der Waals surface area contributed by atoms with Crippen LogP contribution in [0.25, 0.3) is 80.7 Å². The molecule has 1 fully saturated rings. The average Bonchev–Trinajstić information content (AvgIpc) is 3.88. The summed E-state index contributed by atoms with van der Waals surface area (Å²) in [5.74, 6) is 0.587. The van der Waals surface area contributed by atoms with Crippen molar-refractivity contribution in [3.05, 3.63) is 206 Å². The highest BCUT2D eigenvalue weighted by Gasteiger charge is 2.25. The van der Waals surface area contributed by atoms with Gasteiger partial charge in [0.25, 0.3) is 0 Å². The van der Waals surface area contributed by atoms with Crippen LogP contribution in [0, 0.1) is 0 Å². The number of para-hydroxylation sites is 3. The summed E-state index contributed by atoms with van der Waals surface area (Å²) in [6.07, 6.45) is 6.49. The van der Waals surface area contributed by atoms with Crippen LogP contribution in [-0.4, -0.2) is 4.57 Å². The summed E-state index contributed by atoms with van der Waals surface area (Å²) in [6, 6.07) is 74.5. The Balaban J connectivity index is 1.08. The molecule has 11 aromatic rings. The molecule has 3 heteroatoms. The van der Waals surface area contributed by atoms with E-state index in [-0.39, 0.29) is 0 Å². The van der Waals surface area contributed by atoms with Crippen LogP contribution in [0.1, 0.15) is 43.6 Å². The van der Waals surface area contributed by atoms with E-state index in [9.17, 15) is 0 Å². The lowest BCUT2D eigenvalue weighted by atomic mass is 9.80. The monoisotopic (exact) mass is 800 g/mol. The van der Waals surface area contributed by atoms with Gasteiger partial charge in [-0.05, 0) is 119 Å². The minimum Gasteiger partial charge on any atom is -0.309 e. The van der Waals surface area contributed by atoms with Crippen molar-refractivity contribution in [1.82, 2.24) is 4.57 Å². The first-order valence-electron chi connectivity index (χ1n) is 21.8. The molecule has 9 aromatic carbocycles. The molecule has 2 heterocycles. The molecule has 0 unspecified atom stereocenters.